The van der Waals surface area contributed by atoms with Crippen molar-refractivity contribution in [3.05, 3.63) is 12.3 Å². The summed E-state index contributed by atoms with van der Waals surface area (Å²) in [6.07, 6.45) is 3.12. The summed E-state index contributed by atoms with van der Waals surface area (Å²) in [7, 11) is 0. The van der Waals surface area contributed by atoms with Gasteiger partial charge in [-0.25, -0.2) is 0 Å². The SMILES string of the molecule is C1=COOOC1.[In]. The summed E-state index contributed by atoms with van der Waals surface area (Å²) >= 11 is 0. The predicted molar refractivity (Wildman–Crippen MR) is 23.0 cm³/mol. The van der Waals surface area contributed by atoms with Crippen molar-refractivity contribution in [1.82, 2.24) is 0 Å². The van der Waals surface area contributed by atoms with E-state index in [0.717, 1.165) is 0 Å². The number of rotatable bonds is 0. The summed E-state index contributed by atoms with van der Waals surface area (Å²) in [5, 5.41) is 3.98. The molecule has 7 heavy (non-hydrogen) atoms. The fourth-order valence-corrected chi connectivity index (χ4v) is 0.196. The minimum Gasteiger partial charge on any atom is -0.317 e. The molecule has 0 aliphatic carbocycles. The maximum atomic E-state index is 4.26. The van der Waals surface area contributed by atoms with Crippen LogP contribution < -0.4 is 0 Å². The maximum Gasteiger partial charge on any atom is 0.131 e. The van der Waals surface area contributed by atoms with Crippen molar-refractivity contribution >= 4 is 25.8 Å². The monoisotopic (exact) mass is 203 g/mol. The van der Waals surface area contributed by atoms with Crippen molar-refractivity contribution < 1.29 is 14.8 Å². The van der Waals surface area contributed by atoms with E-state index in [4.69, 9.17) is 0 Å². The molecule has 0 aromatic heterocycles. The van der Waals surface area contributed by atoms with Crippen LogP contribution in [0.4, 0.5) is 0 Å². The summed E-state index contributed by atoms with van der Waals surface area (Å²) in [5.74, 6) is 0. The van der Waals surface area contributed by atoms with Crippen molar-refractivity contribution in [3.63, 3.8) is 0 Å². The van der Waals surface area contributed by atoms with Gasteiger partial charge in [-0.2, -0.15) is 4.89 Å². The van der Waals surface area contributed by atoms with Gasteiger partial charge in [0.05, 0.1) is 0 Å². The van der Waals surface area contributed by atoms with Crippen LogP contribution in [0.25, 0.3) is 0 Å². The van der Waals surface area contributed by atoms with Gasteiger partial charge in [-0.1, -0.05) is 0 Å². The number of hydrogen-bond donors (Lipinski definition) is 0. The molecule has 0 unspecified atom stereocenters. The molecule has 0 N–H and O–H groups in total. The summed E-state index contributed by atoms with van der Waals surface area (Å²) in [5.41, 5.74) is 0. The van der Waals surface area contributed by atoms with E-state index >= 15 is 0 Å². The Morgan fingerprint density at radius 2 is 2.29 bits per heavy atom. The maximum absolute atomic E-state index is 4.26. The Kier molecular flexibility index (Phi) is 4.70. The van der Waals surface area contributed by atoms with E-state index in [1.165, 1.54) is 6.26 Å². The molecule has 0 bridgehead atoms. The molecule has 37 valence electrons. The van der Waals surface area contributed by atoms with E-state index < -0.39 is 0 Å². The predicted octanol–water partition coefficient (Wildman–Crippen LogP) is 0.0127. The molecule has 1 heterocycles. The molecule has 0 aromatic carbocycles. The normalized spacial score (nSPS) is 17.1. The molecule has 1 aliphatic heterocycles. The van der Waals surface area contributed by atoms with Crippen molar-refractivity contribution in [2.45, 2.75) is 0 Å². The Morgan fingerprint density at radius 1 is 1.43 bits per heavy atom. The van der Waals surface area contributed by atoms with Gasteiger partial charge in [-0.15, -0.1) is 0 Å². The first-order valence-electron chi connectivity index (χ1n) is 1.60. The van der Waals surface area contributed by atoms with E-state index in [9.17, 15) is 0 Å². The van der Waals surface area contributed by atoms with Crippen LogP contribution in [0.2, 0.25) is 0 Å². The minimum atomic E-state index is 0. The van der Waals surface area contributed by atoms with E-state index in [0.29, 0.717) is 6.61 Å². The summed E-state index contributed by atoms with van der Waals surface area (Å²) in [6, 6.07) is 0. The van der Waals surface area contributed by atoms with Crippen LogP contribution in [0.1, 0.15) is 0 Å². The van der Waals surface area contributed by atoms with Gasteiger partial charge in [-0.05, 0) is 11.1 Å². The Labute approximate surface area is 59.9 Å². The molecule has 0 saturated carbocycles. The first-order chi connectivity index (χ1) is 3.00. The topological polar surface area (TPSA) is 27.7 Å². The molecule has 4 heteroatoms. The second-order valence-corrected chi connectivity index (χ2v) is 0.821. The number of hydrogen-bond acceptors (Lipinski definition) is 3. The second kappa shape index (κ2) is 4.49. The average molecular weight is 203 g/mol. The Morgan fingerprint density at radius 3 is 2.43 bits per heavy atom. The Balaban J connectivity index is 0.000000360. The van der Waals surface area contributed by atoms with E-state index in [-0.39, 0.29) is 25.8 Å². The van der Waals surface area contributed by atoms with Crippen LogP contribution in [0, 0.1) is 0 Å². The summed E-state index contributed by atoms with van der Waals surface area (Å²) in [6.45, 7) is 0.472. The fraction of sp³-hybridized carbons (Fsp3) is 0.333. The third kappa shape index (κ3) is 2.96. The largest absolute Gasteiger partial charge is 0.317 e. The standard InChI is InChI=1S/C3H4O3.In/c1-2-4-6-5-3-1;/h1-2H,3H2;. The molecule has 1 aliphatic rings. The molecule has 0 spiro atoms. The van der Waals surface area contributed by atoms with Crippen molar-refractivity contribution in [3.8, 4) is 0 Å². The van der Waals surface area contributed by atoms with Gasteiger partial charge in [0.25, 0.3) is 0 Å². The van der Waals surface area contributed by atoms with Crippen molar-refractivity contribution in [1.29, 1.82) is 0 Å². The van der Waals surface area contributed by atoms with Crippen LogP contribution in [0.15, 0.2) is 12.3 Å². The van der Waals surface area contributed by atoms with Crippen molar-refractivity contribution in [2.75, 3.05) is 6.61 Å². The molecule has 0 saturated heterocycles. The molecule has 0 fully saturated rings. The second-order valence-electron chi connectivity index (χ2n) is 0.821. The average Bonchev–Trinajstić information content (AvgIpc) is 1.72. The van der Waals surface area contributed by atoms with Crippen LogP contribution in [-0.4, -0.2) is 32.5 Å². The molecule has 0 aromatic rings. The fourth-order valence-electron chi connectivity index (χ4n) is 0.196. The van der Waals surface area contributed by atoms with Crippen LogP contribution in [-0.2, 0) is 14.8 Å². The quantitative estimate of drug-likeness (QED) is 0.519. The zero-order valence-corrected chi connectivity index (χ0v) is 6.96. The zero-order valence-electron chi connectivity index (χ0n) is 3.66. The van der Waals surface area contributed by atoms with Gasteiger partial charge < -0.3 is 4.89 Å². The van der Waals surface area contributed by atoms with Crippen LogP contribution >= 0.6 is 0 Å². The molecule has 3 radical (unpaired) electrons. The van der Waals surface area contributed by atoms with E-state index in [1.54, 1.807) is 6.08 Å². The molecule has 3 nitrogen and oxygen atoms in total. The van der Waals surface area contributed by atoms with Crippen LogP contribution in [0.5, 0.6) is 0 Å². The van der Waals surface area contributed by atoms with Gasteiger partial charge in [0.2, 0.25) is 0 Å². The first-order valence-corrected chi connectivity index (χ1v) is 1.60. The summed E-state index contributed by atoms with van der Waals surface area (Å²) in [4.78, 5) is 8.43. The molecule has 0 atom stereocenters. The van der Waals surface area contributed by atoms with Gasteiger partial charge in [-0.3, -0.25) is 0 Å². The third-order valence-corrected chi connectivity index (χ3v) is 0.403. The molecule has 1 rings (SSSR count). The Hall–Kier alpha value is 0.330. The van der Waals surface area contributed by atoms with E-state index in [1.807, 2.05) is 0 Å². The zero-order chi connectivity index (χ0) is 4.24. The Bertz CT molecular complexity index is 55.2. The van der Waals surface area contributed by atoms with Gasteiger partial charge in [0, 0.05) is 25.8 Å². The van der Waals surface area contributed by atoms with Gasteiger partial charge >= 0.3 is 0 Å². The molecular formula is C3H4InO3. The van der Waals surface area contributed by atoms with Crippen LogP contribution in [0.3, 0.4) is 0 Å². The third-order valence-electron chi connectivity index (χ3n) is 0.403. The van der Waals surface area contributed by atoms with Gasteiger partial charge in [0.15, 0.2) is 0 Å². The first kappa shape index (κ1) is 7.33. The molecule has 0 amide bonds. The smallest absolute Gasteiger partial charge is 0.131 e. The minimum absolute atomic E-state index is 0. The van der Waals surface area contributed by atoms with Gasteiger partial charge in [0.1, 0.15) is 12.9 Å². The van der Waals surface area contributed by atoms with E-state index in [2.05, 4.69) is 14.8 Å². The summed E-state index contributed by atoms with van der Waals surface area (Å²) < 4.78 is 0. The molecular weight excluding hydrogens is 199 g/mol. The van der Waals surface area contributed by atoms with Crippen molar-refractivity contribution in [2.24, 2.45) is 0 Å².